The van der Waals surface area contributed by atoms with Crippen molar-refractivity contribution in [2.75, 3.05) is 6.54 Å². The first-order valence-electron chi connectivity index (χ1n) is 6.25. The quantitative estimate of drug-likeness (QED) is 0.618. The lowest BCUT2D eigenvalue weighted by molar-refractivity contribution is -0.134. The molecule has 19 heavy (non-hydrogen) atoms. The van der Waals surface area contributed by atoms with Crippen molar-refractivity contribution in [3.8, 4) is 0 Å². The molecule has 1 fully saturated rings. The summed E-state index contributed by atoms with van der Waals surface area (Å²) in [6.07, 6.45) is 4.58. The van der Waals surface area contributed by atoms with Gasteiger partial charge >= 0.3 is 0 Å². The Morgan fingerprint density at radius 1 is 1.16 bits per heavy atom. The molecule has 0 radical (unpaired) electrons. The largest absolute Gasteiger partial charge is 0.348 e. The Morgan fingerprint density at radius 2 is 1.84 bits per heavy atom. The molecule has 1 amide bonds. The monoisotopic (exact) mass is 257 g/mol. The van der Waals surface area contributed by atoms with Crippen molar-refractivity contribution in [1.82, 2.24) is 5.32 Å². The summed E-state index contributed by atoms with van der Waals surface area (Å²) in [5.74, 6) is -1.28. The van der Waals surface area contributed by atoms with E-state index in [0.29, 0.717) is 0 Å². The fourth-order valence-electron chi connectivity index (χ4n) is 1.57. The summed E-state index contributed by atoms with van der Waals surface area (Å²) in [7, 11) is 0. The Balaban J connectivity index is 1.80. The van der Waals surface area contributed by atoms with Crippen molar-refractivity contribution in [3.63, 3.8) is 0 Å². The van der Waals surface area contributed by atoms with Gasteiger partial charge in [-0.05, 0) is 24.5 Å². The van der Waals surface area contributed by atoms with Crippen molar-refractivity contribution in [1.29, 1.82) is 0 Å². The van der Waals surface area contributed by atoms with Crippen LogP contribution in [0, 0.1) is 5.92 Å². The number of Topliss-reactive ketones (excluding diaryl/α,β-unsaturated/α-hetero) is 1. The van der Waals surface area contributed by atoms with Crippen LogP contribution >= 0.6 is 0 Å². The number of hydrogen-bond acceptors (Lipinski definition) is 3. The van der Waals surface area contributed by atoms with Crippen molar-refractivity contribution in [2.45, 2.75) is 12.8 Å². The van der Waals surface area contributed by atoms with Crippen molar-refractivity contribution in [3.05, 3.63) is 42.0 Å². The molecular weight excluding hydrogens is 242 g/mol. The number of carbonyl (C=O) groups excluding carboxylic acids is 3. The number of hydrogen-bond donors (Lipinski definition) is 1. The van der Waals surface area contributed by atoms with Gasteiger partial charge in [0.15, 0.2) is 0 Å². The Kier molecular flexibility index (Phi) is 4.23. The number of nitrogens with one attached hydrogen (secondary N) is 1. The first-order valence-corrected chi connectivity index (χ1v) is 6.25. The van der Waals surface area contributed by atoms with E-state index in [9.17, 15) is 14.4 Å². The van der Waals surface area contributed by atoms with E-state index >= 15 is 0 Å². The number of allylic oxidation sites excluding steroid dienone is 1. The highest BCUT2D eigenvalue weighted by atomic mass is 16.2. The highest BCUT2D eigenvalue weighted by Gasteiger charge is 2.29. The molecule has 0 bridgehead atoms. The normalized spacial score (nSPS) is 14.3. The molecule has 4 nitrogen and oxygen atoms in total. The Morgan fingerprint density at radius 3 is 2.47 bits per heavy atom. The van der Waals surface area contributed by atoms with E-state index in [1.807, 2.05) is 30.3 Å². The molecule has 0 aromatic heterocycles. The molecule has 2 rings (SSSR count). The molecule has 1 aliphatic rings. The smallest absolute Gasteiger partial charge is 0.223 e. The van der Waals surface area contributed by atoms with Crippen molar-refractivity contribution in [2.24, 2.45) is 5.92 Å². The van der Waals surface area contributed by atoms with Crippen LogP contribution in [0.15, 0.2) is 36.4 Å². The third-order valence-corrected chi connectivity index (χ3v) is 2.87. The summed E-state index contributed by atoms with van der Waals surface area (Å²) >= 11 is 0. The van der Waals surface area contributed by atoms with E-state index in [-0.39, 0.29) is 18.4 Å². The van der Waals surface area contributed by atoms with Gasteiger partial charge in [-0.1, -0.05) is 36.4 Å². The lowest BCUT2D eigenvalue weighted by Gasteiger charge is -2.00. The zero-order valence-electron chi connectivity index (χ0n) is 10.5. The van der Waals surface area contributed by atoms with Gasteiger partial charge in [0.25, 0.3) is 0 Å². The minimum absolute atomic E-state index is 0.0442. The van der Waals surface area contributed by atoms with E-state index in [1.54, 1.807) is 6.08 Å². The maximum Gasteiger partial charge on any atom is 0.223 e. The van der Waals surface area contributed by atoms with Gasteiger partial charge in [-0.25, -0.2) is 0 Å². The zero-order chi connectivity index (χ0) is 13.7. The van der Waals surface area contributed by atoms with Crippen LogP contribution in [0.1, 0.15) is 18.4 Å². The van der Waals surface area contributed by atoms with E-state index in [2.05, 4.69) is 5.32 Å². The molecule has 0 aliphatic heterocycles. The van der Waals surface area contributed by atoms with Crippen LogP contribution < -0.4 is 5.32 Å². The van der Waals surface area contributed by atoms with Gasteiger partial charge in [-0.2, -0.15) is 0 Å². The summed E-state index contributed by atoms with van der Waals surface area (Å²) < 4.78 is 0. The fourth-order valence-corrected chi connectivity index (χ4v) is 1.57. The highest BCUT2D eigenvalue weighted by Crippen LogP contribution is 2.28. The van der Waals surface area contributed by atoms with E-state index in [1.165, 1.54) is 6.08 Å². The molecule has 98 valence electrons. The molecule has 4 heteroatoms. The van der Waals surface area contributed by atoms with Crippen LogP contribution in [0.5, 0.6) is 0 Å². The molecule has 1 saturated carbocycles. The second kappa shape index (κ2) is 6.09. The highest BCUT2D eigenvalue weighted by molar-refractivity contribution is 6.43. The van der Waals surface area contributed by atoms with E-state index < -0.39 is 11.6 Å². The van der Waals surface area contributed by atoms with Crippen LogP contribution in [0.3, 0.4) is 0 Å². The first kappa shape index (κ1) is 13.2. The molecular formula is C15H15NO3. The summed E-state index contributed by atoms with van der Waals surface area (Å²) in [5.41, 5.74) is 0.852. The van der Waals surface area contributed by atoms with Crippen molar-refractivity contribution >= 4 is 23.5 Å². The van der Waals surface area contributed by atoms with Crippen LogP contribution in [0.25, 0.3) is 6.08 Å². The number of carbonyl (C=O) groups is 3. The van der Waals surface area contributed by atoms with Gasteiger partial charge in [-0.3, -0.25) is 14.4 Å². The van der Waals surface area contributed by atoms with Crippen LogP contribution in [-0.2, 0) is 14.4 Å². The van der Waals surface area contributed by atoms with E-state index in [0.717, 1.165) is 18.4 Å². The number of benzene rings is 1. The summed E-state index contributed by atoms with van der Waals surface area (Å²) in [6.45, 7) is -0.215. The Hall–Kier alpha value is -2.23. The topological polar surface area (TPSA) is 63.2 Å². The molecule has 0 saturated heterocycles. The lowest BCUT2D eigenvalue weighted by Crippen LogP contribution is -2.33. The molecule has 0 unspecified atom stereocenters. The van der Waals surface area contributed by atoms with Gasteiger partial charge < -0.3 is 5.32 Å². The second-order valence-corrected chi connectivity index (χ2v) is 4.52. The third-order valence-electron chi connectivity index (χ3n) is 2.87. The van der Waals surface area contributed by atoms with E-state index in [4.69, 9.17) is 0 Å². The van der Waals surface area contributed by atoms with Crippen molar-refractivity contribution < 1.29 is 14.4 Å². The Bertz CT molecular complexity index is 515. The van der Waals surface area contributed by atoms with Crippen LogP contribution in [0.2, 0.25) is 0 Å². The van der Waals surface area contributed by atoms with Crippen LogP contribution in [0.4, 0.5) is 0 Å². The van der Waals surface area contributed by atoms with Crippen LogP contribution in [-0.4, -0.2) is 24.0 Å². The van der Waals surface area contributed by atoms with Gasteiger partial charge in [0, 0.05) is 5.92 Å². The van der Waals surface area contributed by atoms with Gasteiger partial charge in [0.05, 0.1) is 6.54 Å². The molecule has 1 N–H and O–H groups in total. The maximum atomic E-state index is 11.5. The summed E-state index contributed by atoms with van der Waals surface area (Å²) in [6, 6.07) is 9.24. The predicted molar refractivity (Wildman–Crippen MR) is 71.2 cm³/mol. The summed E-state index contributed by atoms with van der Waals surface area (Å²) in [5, 5.41) is 2.48. The molecule has 0 heterocycles. The molecule has 0 atom stereocenters. The van der Waals surface area contributed by atoms with Gasteiger partial charge in [0.1, 0.15) is 0 Å². The average molecular weight is 257 g/mol. The fraction of sp³-hybridized carbons (Fsp3) is 0.267. The molecule has 1 aliphatic carbocycles. The number of ketones is 2. The molecule has 0 spiro atoms. The maximum absolute atomic E-state index is 11.5. The molecule has 1 aromatic carbocycles. The lowest BCUT2D eigenvalue weighted by atomic mass is 10.1. The zero-order valence-corrected chi connectivity index (χ0v) is 10.5. The molecule has 1 aromatic rings. The average Bonchev–Trinajstić information content (AvgIpc) is 3.27. The summed E-state index contributed by atoms with van der Waals surface area (Å²) in [4.78, 5) is 34.3. The second-order valence-electron chi connectivity index (χ2n) is 4.52. The predicted octanol–water partition coefficient (Wildman–Crippen LogP) is 1.36. The van der Waals surface area contributed by atoms with Gasteiger partial charge in [-0.15, -0.1) is 0 Å². The Labute approximate surface area is 111 Å². The van der Waals surface area contributed by atoms with Gasteiger partial charge in [0.2, 0.25) is 17.5 Å². The minimum Gasteiger partial charge on any atom is -0.348 e. The first-order chi connectivity index (χ1) is 9.16. The number of rotatable bonds is 6. The third kappa shape index (κ3) is 4.17. The standard InChI is InChI=1S/C15H15NO3/c17-13(9-6-11-4-2-1-3-5-11)14(18)10-16-15(19)12-7-8-12/h1-6,9,12H,7-8,10H2,(H,16,19)/b9-6+. The SMILES string of the molecule is O=C(/C=C/c1ccccc1)C(=O)CNC(=O)C1CC1. The minimum atomic E-state index is -0.597. The number of amides is 1.